The van der Waals surface area contributed by atoms with Gasteiger partial charge in [-0.1, -0.05) is 0 Å². The van der Waals surface area contributed by atoms with Crippen molar-refractivity contribution in [2.45, 2.75) is 31.0 Å². The molecule has 4 nitrogen and oxygen atoms in total. The molecule has 0 saturated heterocycles. The number of hydrogen-bond donors (Lipinski definition) is 3. The van der Waals surface area contributed by atoms with E-state index < -0.39 is 0 Å². The number of ether oxygens (including phenoxy) is 1. The molecule has 0 aromatic heterocycles. The van der Waals surface area contributed by atoms with Crippen LogP contribution in [0.2, 0.25) is 0 Å². The second-order valence-corrected chi connectivity index (χ2v) is 4.12. The smallest absolute Gasteiger partial charge is 0.119 e. The molecule has 1 aliphatic carbocycles. The van der Waals surface area contributed by atoms with E-state index >= 15 is 0 Å². The van der Waals surface area contributed by atoms with Crippen molar-refractivity contribution in [1.82, 2.24) is 0 Å². The zero-order valence-electron chi connectivity index (χ0n) is 8.60. The van der Waals surface area contributed by atoms with Gasteiger partial charge in [0.2, 0.25) is 0 Å². The first kappa shape index (κ1) is 10.3. The molecule has 0 radical (unpaired) electrons. The molecule has 15 heavy (non-hydrogen) atoms. The van der Waals surface area contributed by atoms with Crippen molar-refractivity contribution >= 4 is 5.69 Å². The van der Waals surface area contributed by atoms with Crippen LogP contribution in [-0.4, -0.2) is 18.2 Å². The van der Waals surface area contributed by atoms with Crippen LogP contribution in [0.15, 0.2) is 24.3 Å². The Balaban J connectivity index is 2.00. The normalized spacial score (nSPS) is 30.4. The Hall–Kier alpha value is -1.26. The van der Waals surface area contributed by atoms with E-state index in [0.717, 1.165) is 24.3 Å². The summed E-state index contributed by atoms with van der Waals surface area (Å²) in [6.45, 7) is 0. The van der Waals surface area contributed by atoms with Gasteiger partial charge in [0.1, 0.15) is 11.9 Å². The number of benzene rings is 1. The van der Waals surface area contributed by atoms with Gasteiger partial charge in [0, 0.05) is 24.2 Å². The van der Waals surface area contributed by atoms with Gasteiger partial charge < -0.3 is 21.9 Å². The molecule has 3 atom stereocenters. The Bertz CT molecular complexity index is 325. The van der Waals surface area contributed by atoms with Gasteiger partial charge in [0.15, 0.2) is 0 Å². The first-order valence-electron chi connectivity index (χ1n) is 5.18. The fourth-order valence-electron chi connectivity index (χ4n) is 1.93. The summed E-state index contributed by atoms with van der Waals surface area (Å²) in [7, 11) is 0. The predicted molar refractivity (Wildman–Crippen MR) is 60.5 cm³/mol. The molecule has 0 amide bonds. The molecule has 1 aliphatic rings. The summed E-state index contributed by atoms with van der Waals surface area (Å²) in [5, 5.41) is 0. The van der Waals surface area contributed by atoms with Gasteiger partial charge in [0.05, 0.1) is 0 Å². The molecule has 2 rings (SSSR count). The van der Waals surface area contributed by atoms with Crippen molar-refractivity contribution in [2.24, 2.45) is 11.5 Å². The first-order chi connectivity index (χ1) is 7.15. The standard InChI is InChI=1S/C11H17N3O/c12-7-1-3-9(4-2-7)15-11-6-8(13)5-10(11)14/h1-4,8,10-11H,5-6,12-14H2/t8-,10+,11?/m0/s1. The van der Waals surface area contributed by atoms with Crippen molar-refractivity contribution in [3.05, 3.63) is 24.3 Å². The third kappa shape index (κ3) is 2.40. The Morgan fingerprint density at radius 3 is 2.27 bits per heavy atom. The van der Waals surface area contributed by atoms with Crippen molar-refractivity contribution in [3.8, 4) is 5.75 Å². The van der Waals surface area contributed by atoms with Crippen LogP contribution in [0.3, 0.4) is 0 Å². The van der Waals surface area contributed by atoms with Crippen LogP contribution < -0.4 is 21.9 Å². The van der Waals surface area contributed by atoms with Gasteiger partial charge in [0.25, 0.3) is 0 Å². The second-order valence-electron chi connectivity index (χ2n) is 4.12. The Labute approximate surface area is 89.4 Å². The molecular weight excluding hydrogens is 190 g/mol. The summed E-state index contributed by atoms with van der Waals surface area (Å²) in [4.78, 5) is 0. The summed E-state index contributed by atoms with van der Waals surface area (Å²) in [6, 6.07) is 7.54. The highest BCUT2D eigenvalue weighted by Crippen LogP contribution is 2.23. The summed E-state index contributed by atoms with van der Waals surface area (Å²) < 4.78 is 5.75. The van der Waals surface area contributed by atoms with Gasteiger partial charge in [-0.3, -0.25) is 0 Å². The highest BCUT2D eigenvalue weighted by molar-refractivity contribution is 5.41. The summed E-state index contributed by atoms with van der Waals surface area (Å²) in [5.41, 5.74) is 18.0. The second kappa shape index (κ2) is 4.08. The molecular formula is C11H17N3O. The Kier molecular flexibility index (Phi) is 2.79. The van der Waals surface area contributed by atoms with Gasteiger partial charge in [-0.05, 0) is 30.7 Å². The Morgan fingerprint density at radius 1 is 1.07 bits per heavy atom. The molecule has 0 heterocycles. The largest absolute Gasteiger partial charge is 0.489 e. The van der Waals surface area contributed by atoms with Crippen LogP contribution in [0.5, 0.6) is 5.75 Å². The maximum atomic E-state index is 5.92. The topological polar surface area (TPSA) is 87.3 Å². The lowest BCUT2D eigenvalue weighted by molar-refractivity contribution is 0.190. The minimum Gasteiger partial charge on any atom is -0.489 e. The molecule has 0 spiro atoms. The van der Waals surface area contributed by atoms with Gasteiger partial charge in [-0.2, -0.15) is 0 Å². The quantitative estimate of drug-likeness (QED) is 0.615. The molecule has 1 aromatic carbocycles. The summed E-state index contributed by atoms with van der Waals surface area (Å²) in [5.74, 6) is 0.804. The molecule has 4 heteroatoms. The van der Waals surface area contributed by atoms with E-state index in [-0.39, 0.29) is 18.2 Å². The lowest BCUT2D eigenvalue weighted by atomic mass is 10.2. The van der Waals surface area contributed by atoms with Crippen molar-refractivity contribution < 1.29 is 4.74 Å². The van der Waals surface area contributed by atoms with Crippen LogP contribution in [0, 0.1) is 0 Å². The Morgan fingerprint density at radius 2 is 1.73 bits per heavy atom. The molecule has 82 valence electrons. The molecule has 6 N–H and O–H groups in total. The predicted octanol–water partition coefficient (Wildman–Crippen LogP) is 0.465. The van der Waals surface area contributed by atoms with E-state index in [1.54, 1.807) is 0 Å². The number of nitrogen functional groups attached to an aromatic ring is 1. The van der Waals surface area contributed by atoms with E-state index in [1.807, 2.05) is 24.3 Å². The van der Waals surface area contributed by atoms with Gasteiger partial charge >= 0.3 is 0 Å². The zero-order chi connectivity index (χ0) is 10.8. The highest BCUT2D eigenvalue weighted by atomic mass is 16.5. The molecule has 1 aromatic rings. The zero-order valence-corrected chi connectivity index (χ0v) is 8.60. The van der Waals surface area contributed by atoms with Crippen LogP contribution in [0.4, 0.5) is 5.69 Å². The van der Waals surface area contributed by atoms with E-state index in [0.29, 0.717) is 0 Å². The minimum atomic E-state index is 0.0311. The third-order valence-corrected chi connectivity index (χ3v) is 2.76. The van der Waals surface area contributed by atoms with E-state index in [4.69, 9.17) is 21.9 Å². The average molecular weight is 207 g/mol. The molecule has 0 aliphatic heterocycles. The average Bonchev–Trinajstić information content (AvgIpc) is 2.49. The van der Waals surface area contributed by atoms with Gasteiger partial charge in [-0.15, -0.1) is 0 Å². The molecule has 0 bridgehead atoms. The third-order valence-electron chi connectivity index (χ3n) is 2.76. The van der Waals surface area contributed by atoms with Crippen molar-refractivity contribution in [1.29, 1.82) is 0 Å². The van der Waals surface area contributed by atoms with E-state index in [2.05, 4.69) is 0 Å². The molecule has 1 saturated carbocycles. The number of anilines is 1. The highest BCUT2D eigenvalue weighted by Gasteiger charge is 2.31. The number of rotatable bonds is 2. The van der Waals surface area contributed by atoms with Crippen LogP contribution in [-0.2, 0) is 0 Å². The van der Waals surface area contributed by atoms with E-state index in [1.165, 1.54) is 0 Å². The van der Waals surface area contributed by atoms with Crippen LogP contribution >= 0.6 is 0 Å². The summed E-state index contributed by atoms with van der Waals surface area (Å²) in [6.07, 6.45) is 1.69. The van der Waals surface area contributed by atoms with Crippen LogP contribution in [0.25, 0.3) is 0 Å². The summed E-state index contributed by atoms with van der Waals surface area (Å²) >= 11 is 0. The minimum absolute atomic E-state index is 0.0311. The molecule has 1 unspecified atom stereocenters. The monoisotopic (exact) mass is 207 g/mol. The SMILES string of the molecule is Nc1ccc(OC2C[C@@H](N)C[C@H]2N)cc1. The maximum absolute atomic E-state index is 5.92. The lowest BCUT2D eigenvalue weighted by Gasteiger charge is -2.17. The lowest BCUT2D eigenvalue weighted by Crippen LogP contribution is -2.33. The fourth-order valence-corrected chi connectivity index (χ4v) is 1.93. The number of hydrogen-bond acceptors (Lipinski definition) is 4. The first-order valence-corrected chi connectivity index (χ1v) is 5.18. The van der Waals surface area contributed by atoms with Crippen molar-refractivity contribution in [2.75, 3.05) is 5.73 Å². The van der Waals surface area contributed by atoms with Crippen LogP contribution in [0.1, 0.15) is 12.8 Å². The van der Waals surface area contributed by atoms with E-state index in [9.17, 15) is 0 Å². The number of nitrogens with two attached hydrogens (primary N) is 3. The van der Waals surface area contributed by atoms with Gasteiger partial charge in [-0.25, -0.2) is 0 Å². The molecule has 1 fully saturated rings. The fraction of sp³-hybridized carbons (Fsp3) is 0.455. The van der Waals surface area contributed by atoms with Crippen molar-refractivity contribution in [3.63, 3.8) is 0 Å². The maximum Gasteiger partial charge on any atom is 0.119 e.